The highest BCUT2D eigenvalue weighted by Crippen LogP contribution is 2.44. The fourth-order valence-electron chi connectivity index (χ4n) is 3.20. The summed E-state index contributed by atoms with van der Waals surface area (Å²) in [6, 6.07) is 1.77. The number of aliphatic hydroxyl groups excluding tert-OH is 1. The Morgan fingerprint density at radius 1 is 1.42 bits per heavy atom. The lowest BCUT2D eigenvalue weighted by Gasteiger charge is -2.44. The average Bonchev–Trinajstić information content (AvgIpc) is 2.85. The topological polar surface area (TPSA) is 42.6 Å². The van der Waals surface area contributed by atoms with Gasteiger partial charge >= 0.3 is 0 Å². The Hall–Kier alpha value is -0.160. The van der Waals surface area contributed by atoms with Crippen LogP contribution in [-0.4, -0.2) is 28.8 Å². The zero-order valence-corrected chi connectivity index (χ0v) is 12.4. The van der Waals surface area contributed by atoms with Crippen molar-refractivity contribution in [3.05, 3.63) is 23.1 Å². The highest BCUT2D eigenvalue weighted by molar-refractivity contribution is 7.99. The Balaban J connectivity index is 1.72. The minimum atomic E-state index is -0.540. The van der Waals surface area contributed by atoms with Crippen LogP contribution in [0.3, 0.4) is 0 Å². The molecule has 0 aromatic carbocycles. The van der Waals surface area contributed by atoms with Crippen LogP contribution in [0, 0.1) is 5.92 Å². The van der Waals surface area contributed by atoms with E-state index >= 15 is 0 Å². The van der Waals surface area contributed by atoms with E-state index in [-0.39, 0.29) is 11.5 Å². The summed E-state index contributed by atoms with van der Waals surface area (Å²) in [5, 5.41) is 10.8. The van der Waals surface area contributed by atoms with Gasteiger partial charge in [-0.15, -0.1) is 0 Å². The van der Waals surface area contributed by atoms with Gasteiger partial charge < -0.3 is 14.3 Å². The molecule has 2 atom stereocenters. The third-order valence-corrected chi connectivity index (χ3v) is 5.64. The van der Waals surface area contributed by atoms with Crippen molar-refractivity contribution in [2.45, 2.75) is 37.4 Å². The van der Waals surface area contributed by atoms with Gasteiger partial charge in [0, 0.05) is 12.2 Å². The van der Waals surface area contributed by atoms with E-state index in [2.05, 4.69) is 0 Å². The normalized spacial score (nSPS) is 28.4. The Kier molecular flexibility index (Phi) is 4.13. The predicted octanol–water partition coefficient (Wildman–Crippen LogP) is 3.66. The first-order chi connectivity index (χ1) is 9.20. The van der Waals surface area contributed by atoms with Crippen molar-refractivity contribution >= 4 is 23.4 Å². The van der Waals surface area contributed by atoms with E-state index < -0.39 is 6.10 Å². The van der Waals surface area contributed by atoms with Crippen LogP contribution in [-0.2, 0) is 4.74 Å². The number of thioether (sulfide) groups is 1. The number of hydrogen-bond acceptors (Lipinski definition) is 4. The van der Waals surface area contributed by atoms with Crippen molar-refractivity contribution in [3.8, 4) is 0 Å². The fourth-order valence-corrected chi connectivity index (χ4v) is 4.66. The lowest BCUT2D eigenvalue weighted by Crippen LogP contribution is -2.44. The minimum Gasteiger partial charge on any atom is -0.453 e. The maximum absolute atomic E-state index is 10.5. The van der Waals surface area contributed by atoms with Crippen LogP contribution in [0.2, 0.25) is 5.22 Å². The molecule has 2 aliphatic rings. The molecule has 0 bridgehead atoms. The van der Waals surface area contributed by atoms with Gasteiger partial charge in [-0.3, -0.25) is 0 Å². The van der Waals surface area contributed by atoms with Gasteiger partial charge in [0.25, 0.3) is 0 Å². The van der Waals surface area contributed by atoms with Crippen LogP contribution in [0.1, 0.15) is 37.4 Å². The summed E-state index contributed by atoms with van der Waals surface area (Å²) in [5.41, 5.74) is 0.708. The van der Waals surface area contributed by atoms with Gasteiger partial charge in [0.1, 0.15) is 0 Å². The molecule has 2 fully saturated rings. The van der Waals surface area contributed by atoms with E-state index in [4.69, 9.17) is 20.8 Å². The molecular formula is C14H19ClO3S. The van der Waals surface area contributed by atoms with Crippen LogP contribution >= 0.6 is 23.4 Å². The first kappa shape index (κ1) is 13.8. The first-order valence-electron chi connectivity index (χ1n) is 6.83. The van der Waals surface area contributed by atoms with E-state index in [0.29, 0.717) is 10.8 Å². The third kappa shape index (κ3) is 2.82. The third-order valence-electron chi connectivity index (χ3n) is 4.35. The molecule has 3 rings (SSSR count). The molecule has 1 spiro atoms. The molecule has 3 nitrogen and oxygen atoms in total. The molecular weight excluding hydrogens is 284 g/mol. The van der Waals surface area contributed by atoms with Gasteiger partial charge in [-0.2, -0.15) is 11.8 Å². The molecule has 2 unspecified atom stereocenters. The van der Waals surface area contributed by atoms with Crippen LogP contribution in [0.4, 0.5) is 0 Å². The molecule has 1 N–H and O–H groups in total. The molecule has 0 amide bonds. The highest BCUT2D eigenvalue weighted by Gasteiger charge is 2.41. The van der Waals surface area contributed by atoms with E-state index in [9.17, 15) is 5.11 Å². The average molecular weight is 303 g/mol. The highest BCUT2D eigenvalue weighted by atomic mass is 35.5. The van der Waals surface area contributed by atoms with Crippen LogP contribution < -0.4 is 0 Å². The van der Waals surface area contributed by atoms with Gasteiger partial charge in [0.05, 0.1) is 18.0 Å². The second-order valence-electron chi connectivity index (χ2n) is 5.49. The zero-order valence-electron chi connectivity index (χ0n) is 10.8. The SMILES string of the molecule is OC(c1ccoc1Cl)C1CCOC2(CCSCC2)C1. The van der Waals surface area contributed by atoms with Gasteiger partial charge in [-0.25, -0.2) is 0 Å². The molecule has 5 heteroatoms. The summed E-state index contributed by atoms with van der Waals surface area (Å²) in [6.07, 6.45) is 5.00. The van der Waals surface area contributed by atoms with Crippen molar-refractivity contribution in [3.63, 3.8) is 0 Å². The number of aliphatic hydroxyl groups is 1. The Morgan fingerprint density at radius 2 is 2.21 bits per heavy atom. The van der Waals surface area contributed by atoms with Crippen molar-refractivity contribution in [2.75, 3.05) is 18.1 Å². The molecule has 106 valence electrons. The molecule has 2 aliphatic heterocycles. The maximum Gasteiger partial charge on any atom is 0.198 e. The van der Waals surface area contributed by atoms with Crippen LogP contribution in [0.15, 0.2) is 16.7 Å². The van der Waals surface area contributed by atoms with Crippen molar-refractivity contribution in [1.82, 2.24) is 0 Å². The molecule has 2 saturated heterocycles. The lowest BCUT2D eigenvalue weighted by molar-refractivity contribution is -0.121. The monoisotopic (exact) mass is 302 g/mol. The summed E-state index contributed by atoms with van der Waals surface area (Å²) in [5.74, 6) is 2.54. The summed E-state index contributed by atoms with van der Waals surface area (Å²) in [6.45, 7) is 0.738. The van der Waals surface area contributed by atoms with Crippen molar-refractivity contribution in [1.29, 1.82) is 0 Å². The van der Waals surface area contributed by atoms with E-state index in [1.165, 1.54) is 6.26 Å². The van der Waals surface area contributed by atoms with Gasteiger partial charge in [-0.1, -0.05) is 0 Å². The Bertz CT molecular complexity index is 423. The molecule has 0 saturated carbocycles. The number of hydrogen-bond donors (Lipinski definition) is 1. The summed E-state index contributed by atoms with van der Waals surface area (Å²) in [7, 11) is 0. The number of halogens is 1. The molecule has 0 radical (unpaired) electrons. The number of rotatable bonds is 2. The standard InChI is InChI=1S/C14H19ClO3S/c15-13-11(2-5-17-13)12(16)10-1-6-18-14(9-10)3-7-19-8-4-14/h2,5,10,12,16H,1,3-4,6-9H2. The van der Waals surface area contributed by atoms with Gasteiger partial charge in [0.15, 0.2) is 5.22 Å². The molecule has 0 aliphatic carbocycles. The van der Waals surface area contributed by atoms with Gasteiger partial charge in [0.2, 0.25) is 0 Å². The first-order valence-corrected chi connectivity index (χ1v) is 8.36. The van der Waals surface area contributed by atoms with E-state index in [1.807, 2.05) is 11.8 Å². The smallest absolute Gasteiger partial charge is 0.198 e. The second kappa shape index (κ2) is 5.68. The number of ether oxygens (including phenoxy) is 1. The van der Waals surface area contributed by atoms with Crippen molar-refractivity contribution in [2.24, 2.45) is 5.92 Å². The predicted molar refractivity (Wildman–Crippen MR) is 76.6 cm³/mol. The van der Waals surface area contributed by atoms with Crippen LogP contribution in [0.5, 0.6) is 0 Å². The van der Waals surface area contributed by atoms with Crippen molar-refractivity contribution < 1.29 is 14.3 Å². The zero-order chi connectivity index (χ0) is 13.3. The number of furan rings is 1. The van der Waals surface area contributed by atoms with Crippen LogP contribution in [0.25, 0.3) is 0 Å². The summed E-state index contributed by atoms with van der Waals surface area (Å²) in [4.78, 5) is 0. The lowest BCUT2D eigenvalue weighted by atomic mass is 9.78. The summed E-state index contributed by atoms with van der Waals surface area (Å²) >= 11 is 7.96. The molecule has 3 heterocycles. The molecule has 1 aromatic heterocycles. The van der Waals surface area contributed by atoms with E-state index in [1.54, 1.807) is 6.07 Å². The van der Waals surface area contributed by atoms with Gasteiger partial charge in [-0.05, 0) is 60.8 Å². The quantitative estimate of drug-likeness (QED) is 0.905. The van der Waals surface area contributed by atoms with E-state index in [0.717, 1.165) is 43.8 Å². The second-order valence-corrected chi connectivity index (χ2v) is 7.06. The largest absolute Gasteiger partial charge is 0.453 e. The fraction of sp³-hybridized carbons (Fsp3) is 0.714. The Morgan fingerprint density at radius 3 is 2.89 bits per heavy atom. The Labute approximate surface area is 122 Å². The maximum atomic E-state index is 10.5. The molecule has 19 heavy (non-hydrogen) atoms. The molecule has 1 aromatic rings. The minimum absolute atomic E-state index is 0.00857. The summed E-state index contributed by atoms with van der Waals surface area (Å²) < 4.78 is 11.1.